The maximum Gasteiger partial charge on any atom is 0.0546 e. The highest BCUT2D eigenvalue weighted by atomic mass is 32.1. The van der Waals surface area contributed by atoms with Gasteiger partial charge in [-0.15, -0.1) is 11.3 Å². The highest BCUT2D eigenvalue weighted by Gasteiger charge is 2.38. The topological polar surface area (TPSA) is 3.24 Å². The maximum absolute atomic E-state index is 2.53. The van der Waals surface area contributed by atoms with Crippen molar-refractivity contribution in [1.82, 2.24) is 0 Å². The molecule has 1 aromatic heterocycles. The summed E-state index contributed by atoms with van der Waals surface area (Å²) in [6, 6.07) is 78.2. The summed E-state index contributed by atoms with van der Waals surface area (Å²) in [5.41, 5.74) is 18.1. The largest absolute Gasteiger partial charge is 0.309 e. The van der Waals surface area contributed by atoms with Crippen molar-refractivity contribution in [3.05, 3.63) is 223 Å². The zero-order valence-electron chi connectivity index (χ0n) is 33.1. The summed E-state index contributed by atoms with van der Waals surface area (Å²) in [4.78, 5) is 2.53. The Bertz CT molecular complexity index is 3170. The van der Waals surface area contributed by atoms with Gasteiger partial charge in [0, 0.05) is 42.4 Å². The van der Waals surface area contributed by atoms with E-state index in [0.717, 1.165) is 11.4 Å². The molecular weight excluding hydrogens is 731 g/mol. The van der Waals surface area contributed by atoms with E-state index in [2.05, 4.69) is 231 Å². The van der Waals surface area contributed by atoms with Crippen molar-refractivity contribution in [3.63, 3.8) is 0 Å². The number of hydrogen-bond donors (Lipinski definition) is 0. The van der Waals surface area contributed by atoms with Crippen molar-refractivity contribution < 1.29 is 0 Å². The van der Waals surface area contributed by atoms with Crippen LogP contribution >= 0.6 is 11.3 Å². The average Bonchev–Trinajstić information content (AvgIpc) is 3.79. The zero-order chi connectivity index (χ0) is 39.5. The van der Waals surface area contributed by atoms with Crippen molar-refractivity contribution >= 4 is 48.6 Å². The molecule has 0 aliphatic heterocycles. The van der Waals surface area contributed by atoms with Gasteiger partial charge in [-0.2, -0.15) is 0 Å². The molecule has 59 heavy (non-hydrogen) atoms. The summed E-state index contributed by atoms with van der Waals surface area (Å²) >= 11 is 1.86. The third-order valence-corrected chi connectivity index (χ3v) is 13.5. The van der Waals surface area contributed by atoms with E-state index in [1.807, 2.05) is 11.3 Å². The molecule has 0 N–H and O–H groups in total. The van der Waals surface area contributed by atoms with Crippen LogP contribution in [-0.4, -0.2) is 0 Å². The maximum atomic E-state index is 2.53. The molecule has 280 valence electrons. The number of rotatable bonds is 7. The van der Waals surface area contributed by atoms with E-state index in [-0.39, 0.29) is 5.41 Å². The van der Waals surface area contributed by atoms with E-state index < -0.39 is 0 Å². The van der Waals surface area contributed by atoms with E-state index in [4.69, 9.17) is 0 Å². The molecule has 11 rings (SSSR count). The Labute approximate surface area is 350 Å². The molecule has 0 bridgehead atoms. The summed E-state index contributed by atoms with van der Waals surface area (Å²) in [5.74, 6) is 0. The lowest BCUT2D eigenvalue weighted by Gasteiger charge is -2.32. The quantitative estimate of drug-likeness (QED) is 0.156. The standard InChI is InChI=1S/C57H41NS/c1-57(2)49-26-13-11-24-47(49)56-50(57)27-16-29-52(56)58(42-34-31-38(32-35-42)41-33-36-54-48(37-41)45-22-12-14-30-53(45)59-54)51-28-15-25-44(40-19-7-4-8-20-40)55(51)46-23-10-9-21-43(46)39-17-5-3-6-18-39/h3-37H,1-2H3. The minimum Gasteiger partial charge on any atom is -0.309 e. The van der Waals surface area contributed by atoms with Crippen molar-refractivity contribution in [2.75, 3.05) is 4.90 Å². The van der Waals surface area contributed by atoms with Crippen molar-refractivity contribution in [1.29, 1.82) is 0 Å². The molecular formula is C57H41NS. The molecule has 1 nitrogen and oxygen atoms in total. The van der Waals surface area contributed by atoms with Crippen LogP contribution in [0, 0.1) is 0 Å². The lowest BCUT2D eigenvalue weighted by molar-refractivity contribution is 0.660. The average molecular weight is 772 g/mol. The summed E-state index contributed by atoms with van der Waals surface area (Å²) < 4.78 is 2.65. The van der Waals surface area contributed by atoms with Crippen LogP contribution in [0.5, 0.6) is 0 Å². The number of hydrogen-bond acceptors (Lipinski definition) is 2. The van der Waals surface area contributed by atoms with Crippen LogP contribution in [0.25, 0.3) is 75.8 Å². The highest BCUT2D eigenvalue weighted by Crippen LogP contribution is 2.56. The van der Waals surface area contributed by atoms with E-state index in [1.165, 1.54) is 92.6 Å². The van der Waals surface area contributed by atoms with Gasteiger partial charge in [-0.1, -0.05) is 184 Å². The van der Waals surface area contributed by atoms with Crippen LogP contribution in [0.1, 0.15) is 25.0 Å². The minimum absolute atomic E-state index is 0.142. The third-order valence-electron chi connectivity index (χ3n) is 12.3. The van der Waals surface area contributed by atoms with Crippen LogP contribution in [0.15, 0.2) is 212 Å². The minimum atomic E-state index is -0.142. The number of thiophene rings is 1. The number of fused-ring (bicyclic) bond motifs is 6. The van der Waals surface area contributed by atoms with Gasteiger partial charge in [-0.05, 0) is 98.1 Å². The van der Waals surface area contributed by atoms with Crippen LogP contribution in [0.4, 0.5) is 17.1 Å². The summed E-state index contributed by atoms with van der Waals surface area (Å²) in [5, 5.41) is 2.63. The van der Waals surface area contributed by atoms with Gasteiger partial charge < -0.3 is 4.90 Å². The fourth-order valence-corrected chi connectivity index (χ4v) is 10.6. The van der Waals surface area contributed by atoms with Crippen molar-refractivity contribution in [3.8, 4) is 55.6 Å². The lowest BCUT2D eigenvalue weighted by Crippen LogP contribution is -2.16. The smallest absolute Gasteiger partial charge is 0.0546 e. The van der Waals surface area contributed by atoms with Crippen LogP contribution in [0.2, 0.25) is 0 Å². The van der Waals surface area contributed by atoms with E-state index in [0.29, 0.717) is 0 Å². The molecule has 0 saturated carbocycles. The van der Waals surface area contributed by atoms with E-state index in [9.17, 15) is 0 Å². The Hall–Kier alpha value is -7.00. The second kappa shape index (κ2) is 14.1. The fraction of sp³-hybridized carbons (Fsp3) is 0.0526. The van der Waals surface area contributed by atoms with Crippen molar-refractivity contribution in [2.45, 2.75) is 19.3 Å². The molecule has 2 heteroatoms. The number of anilines is 3. The molecule has 0 amide bonds. The fourth-order valence-electron chi connectivity index (χ4n) is 9.48. The first-order chi connectivity index (χ1) is 29.0. The molecule has 1 heterocycles. The van der Waals surface area contributed by atoms with Gasteiger partial charge in [-0.3, -0.25) is 0 Å². The molecule has 10 aromatic rings. The predicted octanol–water partition coefficient (Wildman–Crippen LogP) is 16.5. The Kier molecular flexibility index (Phi) is 8.43. The number of nitrogens with zero attached hydrogens (tertiary/aromatic N) is 1. The number of benzene rings is 9. The monoisotopic (exact) mass is 771 g/mol. The van der Waals surface area contributed by atoms with Crippen LogP contribution in [-0.2, 0) is 5.41 Å². The van der Waals surface area contributed by atoms with Gasteiger partial charge in [-0.25, -0.2) is 0 Å². The Morgan fingerprint density at radius 2 is 0.898 bits per heavy atom. The van der Waals surface area contributed by atoms with Gasteiger partial charge in [0.05, 0.1) is 11.4 Å². The second-order valence-corrected chi connectivity index (χ2v) is 17.1. The molecule has 0 saturated heterocycles. The third kappa shape index (κ3) is 5.82. The van der Waals surface area contributed by atoms with Gasteiger partial charge in [0.1, 0.15) is 0 Å². The molecule has 1 aliphatic carbocycles. The lowest BCUT2D eigenvalue weighted by atomic mass is 9.82. The van der Waals surface area contributed by atoms with Gasteiger partial charge >= 0.3 is 0 Å². The molecule has 9 aromatic carbocycles. The molecule has 1 aliphatic rings. The molecule has 0 unspecified atom stereocenters. The first-order valence-electron chi connectivity index (χ1n) is 20.4. The van der Waals surface area contributed by atoms with Gasteiger partial charge in [0.2, 0.25) is 0 Å². The van der Waals surface area contributed by atoms with Crippen molar-refractivity contribution in [2.24, 2.45) is 0 Å². The first kappa shape index (κ1) is 35.2. The molecule has 0 spiro atoms. The highest BCUT2D eigenvalue weighted by molar-refractivity contribution is 7.25. The van der Waals surface area contributed by atoms with E-state index in [1.54, 1.807) is 0 Å². The Morgan fingerprint density at radius 1 is 0.356 bits per heavy atom. The summed E-state index contributed by atoms with van der Waals surface area (Å²) in [7, 11) is 0. The van der Waals surface area contributed by atoms with E-state index >= 15 is 0 Å². The normalized spacial score (nSPS) is 12.7. The second-order valence-electron chi connectivity index (χ2n) is 16.0. The van der Waals surface area contributed by atoms with Crippen LogP contribution in [0.3, 0.4) is 0 Å². The summed E-state index contributed by atoms with van der Waals surface area (Å²) in [6.45, 7) is 4.73. The van der Waals surface area contributed by atoms with Gasteiger partial charge in [0.25, 0.3) is 0 Å². The zero-order valence-corrected chi connectivity index (χ0v) is 33.9. The Morgan fingerprint density at radius 3 is 1.66 bits per heavy atom. The van der Waals surface area contributed by atoms with Gasteiger partial charge in [0.15, 0.2) is 0 Å². The Balaban J connectivity index is 1.17. The SMILES string of the molecule is CC1(C)c2ccccc2-c2c(N(c3ccc(-c4ccc5sc6ccccc6c5c4)cc3)c3cccc(-c4ccccc4)c3-c3ccccc3-c3ccccc3)cccc21. The predicted molar refractivity (Wildman–Crippen MR) is 253 cm³/mol. The molecule has 0 atom stereocenters. The molecule has 0 fully saturated rings. The van der Waals surface area contributed by atoms with Crippen LogP contribution < -0.4 is 4.90 Å². The first-order valence-corrected chi connectivity index (χ1v) is 21.2. The summed E-state index contributed by atoms with van der Waals surface area (Å²) in [6.07, 6.45) is 0. The molecule has 0 radical (unpaired) electrons.